The maximum absolute atomic E-state index is 14.0. The van der Waals surface area contributed by atoms with Crippen LogP contribution in [-0.4, -0.2) is 52.3 Å². The van der Waals surface area contributed by atoms with Gasteiger partial charge in [0.2, 0.25) is 5.75 Å². The zero-order valence-electron chi connectivity index (χ0n) is 25.6. The van der Waals surface area contributed by atoms with Gasteiger partial charge in [0.15, 0.2) is 17.0 Å². The van der Waals surface area contributed by atoms with Gasteiger partial charge < -0.3 is 23.5 Å². The van der Waals surface area contributed by atoms with Crippen molar-refractivity contribution < 1.29 is 28.5 Å². The normalized spacial score (nSPS) is 14.1. The third-order valence-corrected chi connectivity index (χ3v) is 7.53. The first-order valence-corrected chi connectivity index (χ1v) is 15.3. The lowest BCUT2D eigenvalue weighted by molar-refractivity contribution is 0.0523. The van der Waals surface area contributed by atoms with Crippen LogP contribution >= 0.6 is 0 Å². The maximum atomic E-state index is 14.0. The summed E-state index contributed by atoms with van der Waals surface area (Å²) >= 11 is 0. The fraction of sp³-hybridized carbons (Fsp3) is 0.424. The SMILES string of the molecule is CCOC(=O)c1cc2c(=O)n3ccccc3nc2n(C2CCCCC2)c1=NC(=O)c1cc(OCC)c(OCC)c(OCC)c1. The van der Waals surface area contributed by atoms with Crippen LogP contribution in [0.2, 0.25) is 0 Å². The molecule has 11 nitrogen and oxygen atoms in total. The molecule has 0 bridgehead atoms. The number of fused-ring (bicyclic) bond motifs is 2. The van der Waals surface area contributed by atoms with Gasteiger partial charge >= 0.3 is 5.97 Å². The molecule has 0 aliphatic heterocycles. The van der Waals surface area contributed by atoms with Crippen LogP contribution in [0, 0.1) is 0 Å². The molecule has 0 unspecified atom stereocenters. The second kappa shape index (κ2) is 13.7. The summed E-state index contributed by atoms with van der Waals surface area (Å²) in [4.78, 5) is 50.6. The topological polar surface area (TPSA) is 123 Å². The molecule has 3 heterocycles. The van der Waals surface area contributed by atoms with Crippen LogP contribution in [0.25, 0.3) is 16.7 Å². The van der Waals surface area contributed by atoms with Gasteiger partial charge in [-0.1, -0.05) is 25.3 Å². The van der Waals surface area contributed by atoms with E-state index in [9.17, 15) is 14.4 Å². The predicted molar refractivity (Wildman–Crippen MR) is 165 cm³/mol. The summed E-state index contributed by atoms with van der Waals surface area (Å²) in [5, 5.41) is 0.243. The summed E-state index contributed by atoms with van der Waals surface area (Å²) in [6.45, 7) is 8.39. The minimum Gasteiger partial charge on any atom is -0.490 e. The van der Waals surface area contributed by atoms with Crippen molar-refractivity contribution in [3.8, 4) is 17.2 Å². The average Bonchev–Trinajstić information content (AvgIpc) is 3.03. The van der Waals surface area contributed by atoms with Crippen molar-refractivity contribution in [2.24, 2.45) is 4.99 Å². The van der Waals surface area contributed by atoms with E-state index in [4.69, 9.17) is 23.9 Å². The molecule has 0 spiro atoms. The Bertz CT molecular complexity index is 1790. The van der Waals surface area contributed by atoms with Gasteiger partial charge in [-0.25, -0.2) is 9.78 Å². The number of pyridine rings is 2. The molecule has 11 heteroatoms. The summed E-state index contributed by atoms with van der Waals surface area (Å²) < 4.78 is 26.1. The van der Waals surface area contributed by atoms with E-state index in [1.54, 1.807) is 48.0 Å². The number of rotatable bonds is 10. The number of nitrogens with zero attached hydrogens (tertiary/aromatic N) is 4. The summed E-state index contributed by atoms with van der Waals surface area (Å²) in [7, 11) is 0. The van der Waals surface area contributed by atoms with Gasteiger partial charge in [-0.05, 0) is 70.9 Å². The minimum absolute atomic E-state index is 0.0223. The van der Waals surface area contributed by atoms with Gasteiger partial charge in [0.25, 0.3) is 11.5 Å². The highest BCUT2D eigenvalue weighted by atomic mass is 16.5. The first-order valence-electron chi connectivity index (χ1n) is 15.3. The fourth-order valence-corrected chi connectivity index (χ4v) is 5.67. The number of carbonyl (C=O) groups is 2. The standard InChI is InChI=1S/C33H38N4O7/c1-5-41-25-18-21(19-26(42-6-2)28(25)43-7-3)31(38)35-30-24(33(40)44-8-4)20-23-29(37(30)22-14-10-9-11-15-22)34-27-16-12-13-17-36(27)32(23)39/h12-13,16-20,22H,5-11,14-15H2,1-4H3. The average molecular weight is 603 g/mol. The molecule has 1 fully saturated rings. The van der Waals surface area contributed by atoms with Gasteiger partial charge in [-0.2, -0.15) is 4.99 Å². The van der Waals surface area contributed by atoms with Gasteiger partial charge in [-0.3, -0.25) is 14.0 Å². The molecule has 4 aromatic rings. The molecular formula is C33H38N4O7. The lowest BCUT2D eigenvalue weighted by Gasteiger charge is -2.27. The molecule has 1 saturated carbocycles. The molecule has 1 aliphatic rings. The van der Waals surface area contributed by atoms with E-state index < -0.39 is 11.9 Å². The molecular weight excluding hydrogens is 564 g/mol. The van der Waals surface area contributed by atoms with Crippen LogP contribution in [0.1, 0.15) is 86.6 Å². The zero-order valence-corrected chi connectivity index (χ0v) is 25.6. The van der Waals surface area contributed by atoms with Crippen molar-refractivity contribution >= 4 is 28.6 Å². The molecule has 1 amide bonds. The Hall–Kier alpha value is -4.67. The van der Waals surface area contributed by atoms with Crippen LogP contribution < -0.4 is 25.3 Å². The Morgan fingerprint density at radius 3 is 2.23 bits per heavy atom. The number of benzene rings is 1. The Morgan fingerprint density at radius 2 is 1.59 bits per heavy atom. The highest BCUT2D eigenvalue weighted by Crippen LogP contribution is 2.39. The second-order valence-electron chi connectivity index (χ2n) is 10.4. The van der Waals surface area contributed by atoms with Crippen LogP contribution in [0.5, 0.6) is 17.2 Å². The number of esters is 1. The van der Waals surface area contributed by atoms with Crippen molar-refractivity contribution in [2.75, 3.05) is 26.4 Å². The molecule has 0 radical (unpaired) electrons. The second-order valence-corrected chi connectivity index (χ2v) is 10.4. The number of aromatic nitrogens is 3. The van der Waals surface area contributed by atoms with Gasteiger partial charge in [0.05, 0.1) is 31.8 Å². The Labute approximate surface area is 255 Å². The Balaban J connectivity index is 1.84. The molecule has 0 N–H and O–H groups in total. The highest BCUT2D eigenvalue weighted by molar-refractivity contribution is 5.98. The van der Waals surface area contributed by atoms with E-state index in [1.165, 1.54) is 10.5 Å². The van der Waals surface area contributed by atoms with Crippen LogP contribution in [-0.2, 0) is 4.74 Å². The minimum atomic E-state index is -0.681. The summed E-state index contributed by atoms with van der Waals surface area (Å²) in [6.07, 6.45) is 6.19. The molecule has 0 saturated heterocycles. The van der Waals surface area contributed by atoms with E-state index in [-0.39, 0.29) is 40.2 Å². The van der Waals surface area contributed by atoms with Gasteiger partial charge in [0.1, 0.15) is 16.9 Å². The lowest BCUT2D eigenvalue weighted by atomic mass is 9.94. The number of ether oxygens (including phenoxy) is 4. The van der Waals surface area contributed by atoms with Crippen molar-refractivity contribution in [3.05, 3.63) is 69.6 Å². The summed E-state index contributed by atoms with van der Waals surface area (Å²) in [5.41, 5.74) is 0.804. The third kappa shape index (κ3) is 6.04. The number of hydrogen-bond donors (Lipinski definition) is 0. The first-order chi connectivity index (χ1) is 21.4. The predicted octanol–water partition coefficient (Wildman–Crippen LogP) is 5.27. The van der Waals surface area contributed by atoms with E-state index >= 15 is 0 Å². The number of hydrogen-bond acceptors (Lipinski definition) is 8. The smallest absolute Gasteiger partial charge is 0.341 e. The van der Waals surface area contributed by atoms with E-state index in [1.807, 2.05) is 20.8 Å². The van der Waals surface area contributed by atoms with Crippen molar-refractivity contribution in [1.82, 2.24) is 14.0 Å². The molecule has 44 heavy (non-hydrogen) atoms. The zero-order chi connectivity index (χ0) is 31.2. The molecule has 3 aromatic heterocycles. The Kier molecular flexibility index (Phi) is 9.62. The summed E-state index contributed by atoms with van der Waals surface area (Å²) in [6, 6.07) is 9.74. The largest absolute Gasteiger partial charge is 0.490 e. The highest BCUT2D eigenvalue weighted by Gasteiger charge is 2.26. The number of amides is 1. The van der Waals surface area contributed by atoms with Gasteiger partial charge in [0, 0.05) is 17.8 Å². The van der Waals surface area contributed by atoms with Crippen molar-refractivity contribution in [1.29, 1.82) is 0 Å². The Morgan fingerprint density at radius 1 is 0.909 bits per heavy atom. The third-order valence-electron chi connectivity index (χ3n) is 7.53. The van der Waals surface area contributed by atoms with Crippen molar-refractivity contribution in [2.45, 2.75) is 65.8 Å². The maximum Gasteiger partial charge on any atom is 0.341 e. The van der Waals surface area contributed by atoms with E-state index in [0.717, 1.165) is 32.1 Å². The quantitative estimate of drug-likeness (QED) is 0.178. The molecule has 232 valence electrons. The van der Waals surface area contributed by atoms with Crippen molar-refractivity contribution in [3.63, 3.8) is 0 Å². The van der Waals surface area contributed by atoms with Crippen LogP contribution in [0.15, 0.2) is 52.4 Å². The monoisotopic (exact) mass is 602 g/mol. The molecule has 5 rings (SSSR count). The van der Waals surface area contributed by atoms with Gasteiger partial charge in [-0.15, -0.1) is 0 Å². The molecule has 1 aromatic carbocycles. The van der Waals surface area contributed by atoms with Crippen LogP contribution in [0.4, 0.5) is 0 Å². The fourth-order valence-electron chi connectivity index (χ4n) is 5.67. The molecule has 1 aliphatic carbocycles. The lowest BCUT2D eigenvalue weighted by Crippen LogP contribution is -2.35. The van der Waals surface area contributed by atoms with E-state index in [2.05, 4.69) is 4.99 Å². The first kappa shape index (κ1) is 30.8. The summed E-state index contributed by atoms with van der Waals surface area (Å²) in [5.74, 6) is -0.199. The molecule has 0 atom stereocenters. The van der Waals surface area contributed by atoms with Crippen LogP contribution in [0.3, 0.4) is 0 Å². The van der Waals surface area contributed by atoms with E-state index in [0.29, 0.717) is 48.4 Å². The number of carbonyl (C=O) groups excluding carboxylic acids is 2.